The highest BCUT2D eigenvalue weighted by atomic mass is 35.5. The van der Waals surface area contributed by atoms with E-state index in [9.17, 15) is 8.42 Å². The van der Waals surface area contributed by atoms with E-state index in [2.05, 4.69) is 0 Å². The first-order valence-electron chi connectivity index (χ1n) is 6.39. The second-order valence-electron chi connectivity index (χ2n) is 4.88. The van der Waals surface area contributed by atoms with Crippen molar-refractivity contribution in [2.45, 2.75) is 17.4 Å². The van der Waals surface area contributed by atoms with Gasteiger partial charge in [-0.1, -0.05) is 41.9 Å². The molecule has 0 amide bonds. The van der Waals surface area contributed by atoms with E-state index in [0.29, 0.717) is 22.9 Å². The van der Waals surface area contributed by atoms with E-state index in [1.807, 2.05) is 30.3 Å². The smallest absolute Gasteiger partial charge is 0.207 e. The maximum Gasteiger partial charge on any atom is 0.243 e. The van der Waals surface area contributed by atoms with E-state index >= 15 is 0 Å². The summed E-state index contributed by atoms with van der Waals surface area (Å²) < 4.78 is 26.3. The Morgan fingerprint density at radius 2 is 1.85 bits per heavy atom. The first-order chi connectivity index (χ1) is 9.57. The highest BCUT2D eigenvalue weighted by Crippen LogP contribution is 2.30. The third-order valence-electron chi connectivity index (χ3n) is 3.37. The Morgan fingerprint density at radius 3 is 2.55 bits per heavy atom. The SMILES string of the molecule is O=S(=O)(c1ccccc1)N1CC1Cc1cccc(Cl)c1. The zero-order valence-corrected chi connectivity index (χ0v) is 12.3. The average molecular weight is 308 g/mol. The number of rotatable bonds is 4. The molecule has 0 N–H and O–H groups in total. The molecule has 104 valence electrons. The monoisotopic (exact) mass is 307 g/mol. The lowest BCUT2D eigenvalue weighted by Crippen LogP contribution is -2.15. The summed E-state index contributed by atoms with van der Waals surface area (Å²) in [5.41, 5.74) is 1.06. The number of halogens is 1. The van der Waals surface area contributed by atoms with E-state index in [1.54, 1.807) is 24.3 Å². The van der Waals surface area contributed by atoms with E-state index < -0.39 is 10.0 Å². The number of nitrogens with zero attached hydrogens (tertiary/aromatic N) is 1. The zero-order valence-electron chi connectivity index (χ0n) is 10.7. The third kappa shape index (κ3) is 2.73. The molecule has 2 aromatic rings. The van der Waals surface area contributed by atoms with Gasteiger partial charge in [0.2, 0.25) is 10.0 Å². The van der Waals surface area contributed by atoms with E-state index in [4.69, 9.17) is 11.6 Å². The van der Waals surface area contributed by atoms with Crippen LogP contribution >= 0.6 is 11.6 Å². The molecule has 2 unspecified atom stereocenters. The number of sulfonamides is 1. The van der Waals surface area contributed by atoms with Crippen molar-refractivity contribution in [1.29, 1.82) is 0 Å². The molecule has 0 spiro atoms. The molecule has 1 aliphatic rings. The minimum absolute atomic E-state index is 0.0404. The molecule has 5 heteroatoms. The van der Waals surface area contributed by atoms with Gasteiger partial charge in [-0.15, -0.1) is 0 Å². The molecular weight excluding hydrogens is 294 g/mol. The van der Waals surface area contributed by atoms with Gasteiger partial charge >= 0.3 is 0 Å². The molecule has 0 bridgehead atoms. The van der Waals surface area contributed by atoms with Gasteiger partial charge in [-0.05, 0) is 36.2 Å². The zero-order chi connectivity index (χ0) is 14.2. The molecule has 2 atom stereocenters. The van der Waals surface area contributed by atoms with Crippen molar-refractivity contribution in [3.8, 4) is 0 Å². The predicted octanol–water partition coefficient (Wildman–Crippen LogP) is 2.96. The van der Waals surface area contributed by atoms with Crippen molar-refractivity contribution in [3.05, 3.63) is 65.2 Å². The molecule has 1 fully saturated rings. The molecule has 0 aliphatic carbocycles. The maximum atomic E-state index is 12.4. The van der Waals surface area contributed by atoms with Crippen molar-refractivity contribution >= 4 is 21.6 Å². The van der Waals surface area contributed by atoms with Gasteiger partial charge in [-0.3, -0.25) is 0 Å². The Morgan fingerprint density at radius 1 is 1.10 bits per heavy atom. The Balaban J connectivity index is 1.73. The second kappa shape index (κ2) is 5.20. The van der Waals surface area contributed by atoms with Crippen LogP contribution in [0.5, 0.6) is 0 Å². The molecular formula is C15H14ClNO2S. The first kappa shape index (κ1) is 13.6. The fraction of sp³-hybridized carbons (Fsp3) is 0.200. The summed E-state index contributed by atoms with van der Waals surface area (Å²) in [5, 5.41) is 0.681. The van der Waals surface area contributed by atoms with E-state index in [0.717, 1.165) is 5.56 Å². The molecule has 3 rings (SSSR count). The summed E-state index contributed by atoms with van der Waals surface area (Å²) in [7, 11) is -3.34. The maximum absolute atomic E-state index is 12.4. The van der Waals surface area contributed by atoms with Gasteiger partial charge in [0.15, 0.2) is 0 Å². The molecule has 2 aromatic carbocycles. The summed E-state index contributed by atoms with van der Waals surface area (Å²) in [6.07, 6.45) is 0.701. The van der Waals surface area contributed by atoms with Crippen LogP contribution in [0.25, 0.3) is 0 Å². The Kier molecular flexibility index (Phi) is 3.54. The lowest BCUT2D eigenvalue weighted by molar-refractivity contribution is 0.551. The molecule has 3 nitrogen and oxygen atoms in total. The lowest BCUT2D eigenvalue weighted by atomic mass is 10.1. The van der Waals surface area contributed by atoms with Crippen molar-refractivity contribution in [1.82, 2.24) is 4.31 Å². The molecule has 0 saturated carbocycles. The fourth-order valence-corrected chi connectivity index (χ4v) is 4.11. The molecule has 1 heterocycles. The van der Waals surface area contributed by atoms with Crippen molar-refractivity contribution in [2.24, 2.45) is 0 Å². The molecule has 0 aromatic heterocycles. The number of benzene rings is 2. The van der Waals surface area contributed by atoms with Gasteiger partial charge in [0.1, 0.15) is 0 Å². The van der Waals surface area contributed by atoms with Gasteiger partial charge in [0.25, 0.3) is 0 Å². The van der Waals surface area contributed by atoms with Crippen molar-refractivity contribution in [2.75, 3.05) is 6.54 Å². The third-order valence-corrected chi connectivity index (χ3v) is 5.54. The topological polar surface area (TPSA) is 37.1 Å². The minimum atomic E-state index is -3.34. The van der Waals surface area contributed by atoms with Gasteiger partial charge in [0, 0.05) is 17.6 Å². The highest BCUT2D eigenvalue weighted by Gasteiger charge is 2.44. The molecule has 20 heavy (non-hydrogen) atoms. The summed E-state index contributed by atoms with van der Waals surface area (Å²) in [6.45, 7) is 0.573. The van der Waals surface area contributed by atoms with E-state index in [1.165, 1.54) is 4.31 Å². The van der Waals surface area contributed by atoms with Gasteiger partial charge in [0.05, 0.1) is 4.90 Å². The number of hydrogen-bond acceptors (Lipinski definition) is 2. The van der Waals surface area contributed by atoms with Crippen LogP contribution in [0.2, 0.25) is 5.02 Å². The Hall–Kier alpha value is -1.36. The van der Waals surface area contributed by atoms with Crippen LogP contribution in [0.4, 0.5) is 0 Å². The minimum Gasteiger partial charge on any atom is -0.207 e. The van der Waals surface area contributed by atoms with Crippen LogP contribution in [0.15, 0.2) is 59.5 Å². The summed E-state index contributed by atoms with van der Waals surface area (Å²) in [4.78, 5) is 0.355. The second-order valence-corrected chi connectivity index (χ2v) is 7.20. The van der Waals surface area contributed by atoms with Crippen LogP contribution in [0, 0.1) is 0 Å². The van der Waals surface area contributed by atoms with Crippen LogP contribution in [-0.4, -0.2) is 25.3 Å². The summed E-state index contributed by atoms with van der Waals surface area (Å²) in [6, 6.07) is 16.1. The van der Waals surface area contributed by atoms with Crippen LogP contribution < -0.4 is 0 Å². The van der Waals surface area contributed by atoms with Crippen molar-refractivity contribution in [3.63, 3.8) is 0 Å². The summed E-state index contributed by atoms with van der Waals surface area (Å²) in [5.74, 6) is 0. The van der Waals surface area contributed by atoms with Gasteiger partial charge < -0.3 is 0 Å². The predicted molar refractivity (Wildman–Crippen MR) is 79.3 cm³/mol. The molecule has 1 saturated heterocycles. The lowest BCUT2D eigenvalue weighted by Gasteiger charge is -2.06. The van der Waals surface area contributed by atoms with E-state index in [-0.39, 0.29) is 6.04 Å². The highest BCUT2D eigenvalue weighted by molar-refractivity contribution is 7.89. The largest absolute Gasteiger partial charge is 0.243 e. The van der Waals surface area contributed by atoms with Crippen LogP contribution in [-0.2, 0) is 16.4 Å². The Labute approximate surface area is 123 Å². The van der Waals surface area contributed by atoms with Gasteiger partial charge in [-0.25, -0.2) is 8.42 Å². The summed E-state index contributed by atoms with van der Waals surface area (Å²) >= 11 is 5.94. The first-order valence-corrected chi connectivity index (χ1v) is 8.20. The van der Waals surface area contributed by atoms with Gasteiger partial charge in [-0.2, -0.15) is 4.31 Å². The van der Waals surface area contributed by atoms with Crippen LogP contribution in [0.3, 0.4) is 0 Å². The molecule has 0 radical (unpaired) electrons. The Bertz CT molecular complexity index is 716. The number of hydrogen-bond donors (Lipinski definition) is 0. The quantitative estimate of drug-likeness (QED) is 0.814. The van der Waals surface area contributed by atoms with Crippen LogP contribution in [0.1, 0.15) is 5.56 Å². The average Bonchev–Trinajstić information content (AvgIpc) is 3.20. The molecule has 1 aliphatic heterocycles. The standard InChI is InChI=1S/C15H14ClNO2S/c16-13-6-4-5-12(9-13)10-14-11-17(14)20(18,19)15-7-2-1-3-8-15/h1-9,14H,10-11H2. The van der Waals surface area contributed by atoms with Crippen molar-refractivity contribution < 1.29 is 8.42 Å². The normalized spacial score (nSPS) is 21.6. The fourth-order valence-electron chi connectivity index (χ4n) is 2.29.